The first-order valence-corrected chi connectivity index (χ1v) is 5.93. The van der Waals surface area contributed by atoms with Gasteiger partial charge in [0.15, 0.2) is 11.6 Å². The second-order valence-corrected chi connectivity index (χ2v) is 3.74. The Morgan fingerprint density at radius 3 is 2.79 bits per heavy atom. The van der Waals surface area contributed by atoms with Gasteiger partial charge in [-0.15, -0.1) is 0 Å². The zero-order valence-electron chi connectivity index (χ0n) is 10.9. The fourth-order valence-corrected chi connectivity index (χ4v) is 1.53. The monoisotopic (exact) mass is 272 g/mol. The molecule has 0 aliphatic rings. The molecule has 1 aromatic rings. The van der Waals surface area contributed by atoms with E-state index in [9.17, 15) is 14.5 Å². The molecule has 0 heterocycles. The molecule has 0 aliphatic carbocycles. The Hall–Kier alpha value is -1.89. The van der Waals surface area contributed by atoms with Crippen LogP contribution in [0, 0.1) is 15.9 Å². The predicted octanol–water partition coefficient (Wildman–Crippen LogP) is 2.58. The molecule has 0 fully saturated rings. The number of nitrogens with one attached hydrogen (secondary N) is 1. The summed E-state index contributed by atoms with van der Waals surface area (Å²) >= 11 is 0. The fourth-order valence-electron chi connectivity index (χ4n) is 1.53. The van der Waals surface area contributed by atoms with Crippen molar-refractivity contribution >= 4 is 11.4 Å². The summed E-state index contributed by atoms with van der Waals surface area (Å²) < 4.78 is 23.7. The normalized spacial score (nSPS) is 10.3. The number of methoxy groups -OCH3 is 1. The molecule has 0 saturated carbocycles. The third-order valence-electron chi connectivity index (χ3n) is 2.45. The Balaban J connectivity index is 2.71. The maximum absolute atomic E-state index is 13.6. The van der Waals surface area contributed by atoms with E-state index in [1.165, 1.54) is 13.2 Å². The lowest BCUT2D eigenvalue weighted by Gasteiger charge is -2.09. The van der Waals surface area contributed by atoms with Gasteiger partial charge in [0.1, 0.15) is 0 Å². The molecule has 7 heteroatoms. The van der Waals surface area contributed by atoms with Gasteiger partial charge in [-0.25, -0.2) is 4.39 Å². The fraction of sp³-hybridized carbons (Fsp3) is 0.500. The van der Waals surface area contributed by atoms with Gasteiger partial charge in [-0.1, -0.05) is 0 Å². The lowest BCUT2D eigenvalue weighted by molar-refractivity contribution is -0.385. The first kappa shape index (κ1) is 15.2. The number of rotatable bonds is 8. The van der Waals surface area contributed by atoms with E-state index in [-0.39, 0.29) is 17.1 Å². The van der Waals surface area contributed by atoms with Gasteiger partial charge in [0.2, 0.25) is 0 Å². The Bertz CT molecular complexity index is 440. The van der Waals surface area contributed by atoms with Crippen molar-refractivity contribution in [2.45, 2.75) is 13.3 Å². The van der Waals surface area contributed by atoms with Gasteiger partial charge in [-0.05, 0) is 13.3 Å². The minimum atomic E-state index is -0.680. The molecule has 0 radical (unpaired) electrons. The molecule has 0 aromatic heterocycles. The molecular formula is C12H17FN2O4. The van der Waals surface area contributed by atoms with Crippen molar-refractivity contribution in [3.05, 3.63) is 28.1 Å². The summed E-state index contributed by atoms with van der Waals surface area (Å²) in [6.07, 6.45) is 0.715. The zero-order chi connectivity index (χ0) is 14.3. The van der Waals surface area contributed by atoms with Crippen LogP contribution in [0.2, 0.25) is 0 Å². The van der Waals surface area contributed by atoms with Crippen molar-refractivity contribution in [3.8, 4) is 5.75 Å². The molecule has 106 valence electrons. The van der Waals surface area contributed by atoms with Crippen molar-refractivity contribution in [2.24, 2.45) is 0 Å². The molecular weight excluding hydrogens is 255 g/mol. The smallest absolute Gasteiger partial charge is 0.313 e. The van der Waals surface area contributed by atoms with Crippen LogP contribution in [0.5, 0.6) is 5.75 Å². The summed E-state index contributed by atoms with van der Waals surface area (Å²) in [4.78, 5) is 10.0. The van der Waals surface area contributed by atoms with Crippen LogP contribution in [0.25, 0.3) is 0 Å². The van der Waals surface area contributed by atoms with E-state index >= 15 is 0 Å². The standard InChI is InChI=1S/C12H17FN2O4/c1-3-19-6-4-5-14-10-8-12(18-2)11(15(16)17)7-9(10)13/h7-8,14H,3-6H2,1-2H3. The summed E-state index contributed by atoms with van der Waals surface area (Å²) in [5, 5.41) is 13.6. The number of anilines is 1. The van der Waals surface area contributed by atoms with Crippen LogP contribution in [0.4, 0.5) is 15.8 Å². The number of hydrogen-bond acceptors (Lipinski definition) is 5. The van der Waals surface area contributed by atoms with E-state index in [0.29, 0.717) is 26.2 Å². The van der Waals surface area contributed by atoms with E-state index in [2.05, 4.69) is 5.32 Å². The van der Waals surface area contributed by atoms with Gasteiger partial charge in [0.05, 0.1) is 23.8 Å². The molecule has 6 nitrogen and oxygen atoms in total. The number of nitro benzene ring substituents is 1. The molecule has 1 N–H and O–H groups in total. The van der Waals surface area contributed by atoms with Crippen molar-refractivity contribution in [1.82, 2.24) is 0 Å². The maximum atomic E-state index is 13.6. The van der Waals surface area contributed by atoms with Crippen LogP contribution in [0.15, 0.2) is 12.1 Å². The Morgan fingerprint density at radius 2 is 2.21 bits per heavy atom. The van der Waals surface area contributed by atoms with Crippen LogP contribution in [-0.2, 0) is 4.74 Å². The van der Waals surface area contributed by atoms with Crippen molar-refractivity contribution in [3.63, 3.8) is 0 Å². The van der Waals surface area contributed by atoms with Gasteiger partial charge >= 0.3 is 5.69 Å². The highest BCUT2D eigenvalue weighted by atomic mass is 19.1. The Kier molecular flexibility index (Phi) is 6.01. The minimum absolute atomic E-state index is 0.0266. The van der Waals surface area contributed by atoms with E-state index < -0.39 is 10.7 Å². The largest absolute Gasteiger partial charge is 0.490 e. The van der Waals surface area contributed by atoms with Crippen molar-refractivity contribution in [1.29, 1.82) is 0 Å². The highest BCUT2D eigenvalue weighted by Crippen LogP contribution is 2.32. The molecule has 0 unspecified atom stereocenters. The number of nitrogens with zero attached hydrogens (tertiary/aromatic N) is 1. The second-order valence-electron chi connectivity index (χ2n) is 3.74. The van der Waals surface area contributed by atoms with E-state index in [0.717, 1.165) is 6.07 Å². The third-order valence-corrected chi connectivity index (χ3v) is 2.45. The summed E-state index contributed by atoms with van der Waals surface area (Å²) in [5.41, 5.74) is -0.209. The van der Waals surface area contributed by atoms with E-state index in [1.54, 1.807) is 0 Å². The maximum Gasteiger partial charge on any atom is 0.313 e. The van der Waals surface area contributed by atoms with Crippen LogP contribution >= 0.6 is 0 Å². The summed E-state index contributed by atoms with van der Waals surface area (Å²) in [7, 11) is 1.30. The predicted molar refractivity (Wildman–Crippen MR) is 69.2 cm³/mol. The van der Waals surface area contributed by atoms with E-state index in [4.69, 9.17) is 9.47 Å². The van der Waals surface area contributed by atoms with Gasteiger partial charge < -0.3 is 14.8 Å². The highest BCUT2D eigenvalue weighted by Gasteiger charge is 2.18. The SMILES string of the molecule is CCOCCCNc1cc(OC)c([N+](=O)[O-])cc1F. The lowest BCUT2D eigenvalue weighted by Crippen LogP contribution is -2.07. The summed E-state index contributed by atoms with van der Waals surface area (Å²) in [6.45, 7) is 3.63. The molecule has 19 heavy (non-hydrogen) atoms. The Labute approximate surface area is 110 Å². The van der Waals surface area contributed by atoms with Gasteiger partial charge in [0, 0.05) is 25.8 Å². The quantitative estimate of drug-likeness (QED) is 0.447. The summed E-state index contributed by atoms with van der Waals surface area (Å²) in [6, 6.07) is 2.14. The molecule has 1 rings (SSSR count). The lowest BCUT2D eigenvalue weighted by atomic mass is 10.2. The Morgan fingerprint density at radius 1 is 1.47 bits per heavy atom. The van der Waals surface area contributed by atoms with Crippen LogP contribution in [0.1, 0.15) is 13.3 Å². The molecule has 0 saturated heterocycles. The molecule has 0 amide bonds. The number of ether oxygens (including phenoxy) is 2. The second kappa shape index (κ2) is 7.52. The first-order chi connectivity index (χ1) is 9.10. The summed E-state index contributed by atoms with van der Waals surface area (Å²) in [5.74, 6) is -0.650. The van der Waals surface area contributed by atoms with Crippen molar-refractivity contribution in [2.75, 3.05) is 32.2 Å². The van der Waals surface area contributed by atoms with Gasteiger partial charge in [-0.3, -0.25) is 10.1 Å². The number of hydrogen-bond donors (Lipinski definition) is 1. The average molecular weight is 272 g/mol. The molecule has 0 aliphatic heterocycles. The highest BCUT2D eigenvalue weighted by molar-refractivity contribution is 5.59. The average Bonchev–Trinajstić information content (AvgIpc) is 2.39. The van der Waals surface area contributed by atoms with Crippen LogP contribution in [-0.4, -0.2) is 31.8 Å². The molecule has 0 spiro atoms. The minimum Gasteiger partial charge on any atom is -0.490 e. The molecule has 1 aromatic carbocycles. The zero-order valence-corrected chi connectivity index (χ0v) is 10.9. The van der Waals surface area contributed by atoms with Gasteiger partial charge in [-0.2, -0.15) is 0 Å². The first-order valence-electron chi connectivity index (χ1n) is 5.93. The number of nitro groups is 1. The molecule has 0 atom stereocenters. The van der Waals surface area contributed by atoms with Crippen LogP contribution < -0.4 is 10.1 Å². The van der Waals surface area contributed by atoms with Gasteiger partial charge in [0.25, 0.3) is 0 Å². The van der Waals surface area contributed by atoms with Crippen molar-refractivity contribution < 1.29 is 18.8 Å². The number of halogens is 1. The van der Waals surface area contributed by atoms with Crippen LogP contribution in [0.3, 0.4) is 0 Å². The topological polar surface area (TPSA) is 73.6 Å². The molecule has 0 bridgehead atoms. The number of benzene rings is 1. The third kappa shape index (κ3) is 4.36. The van der Waals surface area contributed by atoms with E-state index in [1.807, 2.05) is 6.92 Å².